The molecule has 0 aromatic carbocycles. The Kier molecular flexibility index (Phi) is 3.44. The highest BCUT2D eigenvalue weighted by molar-refractivity contribution is 5.87. The summed E-state index contributed by atoms with van der Waals surface area (Å²) in [5, 5.41) is 3.46. The minimum Gasteiger partial charge on any atom is -0.365 e. The number of H-pyrrole nitrogens is 1. The van der Waals surface area contributed by atoms with Crippen LogP contribution in [-0.2, 0) is 12.7 Å². The van der Waals surface area contributed by atoms with E-state index in [4.69, 9.17) is 0 Å². The van der Waals surface area contributed by atoms with Crippen LogP contribution in [0.2, 0.25) is 0 Å². The van der Waals surface area contributed by atoms with Gasteiger partial charge in [0.05, 0.1) is 5.39 Å². The molecule has 0 aliphatic heterocycles. The average Bonchev–Trinajstić information content (AvgIpc) is 2.85. The fraction of sp³-hybridized carbons (Fsp3) is 0.214. The first kappa shape index (κ1) is 14.3. The van der Waals surface area contributed by atoms with Crippen molar-refractivity contribution in [2.75, 3.05) is 5.32 Å². The predicted molar refractivity (Wildman–Crippen MR) is 75.2 cm³/mol. The van der Waals surface area contributed by atoms with Crippen molar-refractivity contribution in [3.63, 3.8) is 0 Å². The predicted octanol–water partition coefficient (Wildman–Crippen LogP) is 3.29. The lowest BCUT2D eigenvalue weighted by atomic mass is 10.2. The molecule has 3 rings (SSSR count). The minimum absolute atomic E-state index is 0.151. The van der Waals surface area contributed by atoms with E-state index in [2.05, 4.69) is 25.3 Å². The van der Waals surface area contributed by atoms with Crippen molar-refractivity contribution in [3.05, 3.63) is 47.7 Å². The van der Waals surface area contributed by atoms with Crippen LogP contribution in [0.15, 0.2) is 30.6 Å². The Balaban J connectivity index is 1.99. The quantitative estimate of drug-likeness (QED) is 0.779. The third-order valence-corrected chi connectivity index (χ3v) is 3.08. The molecule has 0 radical (unpaired) electrons. The first-order valence-electron chi connectivity index (χ1n) is 6.51. The van der Waals surface area contributed by atoms with E-state index < -0.39 is 12.0 Å². The molecule has 0 fully saturated rings. The summed E-state index contributed by atoms with van der Waals surface area (Å²) in [6, 6.07) is 5.27. The van der Waals surface area contributed by atoms with Crippen molar-refractivity contribution in [2.24, 2.45) is 0 Å². The van der Waals surface area contributed by atoms with E-state index in [0.29, 0.717) is 11.9 Å². The number of aromatic amines is 1. The Labute approximate surface area is 123 Å². The summed E-state index contributed by atoms with van der Waals surface area (Å²) in [7, 11) is 0. The maximum absolute atomic E-state index is 12.9. The van der Waals surface area contributed by atoms with Crippen molar-refractivity contribution in [1.82, 2.24) is 19.9 Å². The molecule has 3 heterocycles. The third-order valence-electron chi connectivity index (χ3n) is 3.08. The summed E-state index contributed by atoms with van der Waals surface area (Å²) in [5.74, 6) is -1.02. The van der Waals surface area contributed by atoms with Gasteiger partial charge in [-0.1, -0.05) is 0 Å². The molecule has 0 unspecified atom stereocenters. The van der Waals surface area contributed by atoms with Gasteiger partial charge in [0.25, 0.3) is 0 Å². The average molecular weight is 307 g/mol. The van der Waals surface area contributed by atoms with Crippen LogP contribution in [0, 0.1) is 6.92 Å². The summed E-state index contributed by atoms with van der Waals surface area (Å²) < 4.78 is 38.7. The zero-order chi connectivity index (χ0) is 15.7. The highest BCUT2D eigenvalue weighted by Gasteiger charge is 2.35. The van der Waals surface area contributed by atoms with Gasteiger partial charge in [-0.25, -0.2) is 9.97 Å². The largest absolute Gasteiger partial charge is 0.451 e. The monoisotopic (exact) mass is 307 g/mol. The molecule has 0 aliphatic rings. The number of rotatable bonds is 3. The van der Waals surface area contributed by atoms with E-state index in [1.54, 1.807) is 37.5 Å². The second-order valence-electron chi connectivity index (χ2n) is 4.82. The van der Waals surface area contributed by atoms with Gasteiger partial charge < -0.3 is 10.3 Å². The molecular weight excluding hydrogens is 295 g/mol. The van der Waals surface area contributed by atoms with Crippen LogP contribution in [0.4, 0.5) is 19.0 Å². The van der Waals surface area contributed by atoms with Crippen LogP contribution in [0.25, 0.3) is 11.0 Å². The Hall–Kier alpha value is -2.64. The fourth-order valence-electron chi connectivity index (χ4n) is 2.09. The summed E-state index contributed by atoms with van der Waals surface area (Å²) in [5.41, 5.74) is 1.77. The molecule has 3 aromatic heterocycles. The molecular formula is C14H12F3N5. The maximum Gasteiger partial charge on any atom is 0.451 e. The van der Waals surface area contributed by atoms with Gasteiger partial charge >= 0.3 is 6.18 Å². The normalized spacial score (nSPS) is 11.8. The molecule has 0 atom stereocenters. The van der Waals surface area contributed by atoms with Crippen LogP contribution in [0.5, 0.6) is 0 Å². The Morgan fingerprint density at radius 2 is 1.91 bits per heavy atom. The number of anilines is 1. The van der Waals surface area contributed by atoms with E-state index in [1.807, 2.05) is 0 Å². The van der Waals surface area contributed by atoms with Gasteiger partial charge in [0, 0.05) is 24.6 Å². The van der Waals surface area contributed by atoms with Gasteiger partial charge in [0.1, 0.15) is 11.5 Å². The summed E-state index contributed by atoms with van der Waals surface area (Å²) in [4.78, 5) is 13.9. The lowest BCUT2D eigenvalue weighted by Gasteiger charge is -2.10. The van der Waals surface area contributed by atoms with Gasteiger partial charge in [-0.3, -0.25) is 4.98 Å². The third kappa shape index (κ3) is 2.85. The van der Waals surface area contributed by atoms with Crippen LogP contribution in [0.3, 0.4) is 0 Å². The number of nitrogens with zero attached hydrogens (tertiary/aromatic N) is 3. The number of fused-ring (bicyclic) bond motifs is 1. The summed E-state index contributed by atoms with van der Waals surface area (Å²) in [6.07, 6.45) is -1.36. The van der Waals surface area contributed by atoms with Gasteiger partial charge in [0.15, 0.2) is 0 Å². The lowest BCUT2D eigenvalue weighted by molar-refractivity contribution is -0.144. The molecule has 114 valence electrons. The van der Waals surface area contributed by atoms with E-state index in [1.165, 1.54) is 0 Å². The van der Waals surface area contributed by atoms with Crippen molar-refractivity contribution in [1.29, 1.82) is 0 Å². The number of aryl methyl sites for hydroxylation is 1. The van der Waals surface area contributed by atoms with Gasteiger partial charge in [0.2, 0.25) is 5.82 Å². The molecule has 0 bridgehead atoms. The molecule has 22 heavy (non-hydrogen) atoms. The van der Waals surface area contributed by atoms with Gasteiger partial charge in [-0.15, -0.1) is 0 Å². The summed E-state index contributed by atoms with van der Waals surface area (Å²) >= 11 is 0. The van der Waals surface area contributed by atoms with E-state index in [-0.39, 0.29) is 11.5 Å². The van der Waals surface area contributed by atoms with E-state index >= 15 is 0 Å². The van der Waals surface area contributed by atoms with Crippen molar-refractivity contribution >= 4 is 16.9 Å². The van der Waals surface area contributed by atoms with Crippen LogP contribution < -0.4 is 5.32 Å². The number of aromatic nitrogens is 4. The molecule has 5 nitrogen and oxygen atoms in total. The Morgan fingerprint density at radius 3 is 2.59 bits per heavy atom. The molecule has 0 spiro atoms. The summed E-state index contributed by atoms with van der Waals surface area (Å²) in [6.45, 7) is 2.09. The molecule has 0 saturated carbocycles. The number of halogens is 3. The molecule has 0 saturated heterocycles. The number of hydrogen-bond donors (Lipinski definition) is 2. The fourth-order valence-corrected chi connectivity index (χ4v) is 2.09. The van der Waals surface area contributed by atoms with Gasteiger partial charge in [-0.05, 0) is 30.7 Å². The highest BCUT2D eigenvalue weighted by atomic mass is 19.4. The molecule has 0 amide bonds. The number of pyridine rings is 1. The first-order valence-corrected chi connectivity index (χ1v) is 6.51. The van der Waals surface area contributed by atoms with Crippen LogP contribution >= 0.6 is 0 Å². The smallest absolute Gasteiger partial charge is 0.365 e. The first-order chi connectivity index (χ1) is 10.4. The molecule has 2 N–H and O–H groups in total. The zero-order valence-electron chi connectivity index (χ0n) is 11.6. The number of nitrogens with one attached hydrogen (secondary N) is 2. The Morgan fingerprint density at radius 1 is 1.18 bits per heavy atom. The second-order valence-corrected chi connectivity index (χ2v) is 4.82. The van der Waals surface area contributed by atoms with Crippen LogP contribution in [0.1, 0.15) is 17.1 Å². The molecule has 3 aromatic rings. The Bertz CT molecular complexity index is 795. The topological polar surface area (TPSA) is 66.5 Å². The zero-order valence-corrected chi connectivity index (χ0v) is 11.6. The standard InChI is InChI=1S/C14H12F3N5/c1-8-6-10-11(19-7-9-2-4-18-5-3-9)21-13(14(15,16)17)22-12(10)20-8/h2-6H,7H2,1H3,(H2,19,20,21,22). The van der Waals surface area contributed by atoms with Crippen molar-refractivity contribution in [3.8, 4) is 0 Å². The maximum atomic E-state index is 12.9. The number of alkyl halides is 3. The highest BCUT2D eigenvalue weighted by Crippen LogP contribution is 2.30. The molecule has 8 heteroatoms. The molecule has 0 aliphatic carbocycles. The SMILES string of the molecule is Cc1cc2c(NCc3ccncc3)nc(C(F)(F)F)nc2[nH]1. The lowest BCUT2D eigenvalue weighted by Crippen LogP contribution is -2.13. The van der Waals surface area contributed by atoms with E-state index in [0.717, 1.165) is 11.3 Å². The van der Waals surface area contributed by atoms with Crippen molar-refractivity contribution in [2.45, 2.75) is 19.6 Å². The van der Waals surface area contributed by atoms with Crippen LogP contribution in [-0.4, -0.2) is 19.9 Å². The van der Waals surface area contributed by atoms with Gasteiger partial charge in [-0.2, -0.15) is 13.2 Å². The van der Waals surface area contributed by atoms with E-state index in [9.17, 15) is 13.2 Å². The minimum atomic E-state index is -4.60. The second kappa shape index (κ2) is 5.28. The number of hydrogen-bond acceptors (Lipinski definition) is 4. The van der Waals surface area contributed by atoms with Crippen molar-refractivity contribution < 1.29 is 13.2 Å².